The van der Waals surface area contributed by atoms with Crippen LogP contribution in [0.5, 0.6) is 0 Å². The number of primary amides is 1. The molecule has 0 aliphatic heterocycles. The van der Waals surface area contributed by atoms with E-state index in [1.165, 1.54) is 19.3 Å². The Bertz CT molecular complexity index is 444. The summed E-state index contributed by atoms with van der Waals surface area (Å²) in [6.45, 7) is 5.33. The van der Waals surface area contributed by atoms with Gasteiger partial charge in [0.1, 0.15) is 0 Å². The summed E-state index contributed by atoms with van der Waals surface area (Å²) in [4.78, 5) is 11.4. The minimum absolute atomic E-state index is 0.344. The Kier molecular flexibility index (Phi) is 4.59. The zero-order valence-electron chi connectivity index (χ0n) is 11.9. The molecule has 1 saturated carbocycles. The highest BCUT2D eigenvalue weighted by Gasteiger charge is 2.31. The third-order valence-electron chi connectivity index (χ3n) is 4.59. The summed E-state index contributed by atoms with van der Waals surface area (Å²) in [6.07, 6.45) is 3.81. The van der Waals surface area contributed by atoms with E-state index in [2.05, 4.69) is 19.2 Å². The van der Waals surface area contributed by atoms with Gasteiger partial charge >= 0.3 is 0 Å². The van der Waals surface area contributed by atoms with Gasteiger partial charge in [-0.25, -0.2) is 0 Å². The molecule has 3 heteroatoms. The van der Waals surface area contributed by atoms with Crippen LogP contribution >= 0.6 is 0 Å². The number of hydrogen-bond donors (Lipinski definition) is 2. The standard InChI is InChI=1S/C16H24N2O/c1-3-12-8-9-15(11(12)2)18-10-13-6-4-5-7-14(13)16(17)19/h4-7,11-12,15,18H,3,8-10H2,1-2H3,(H2,17,19). The lowest BCUT2D eigenvalue weighted by Crippen LogP contribution is -2.32. The number of nitrogens with two attached hydrogens (primary N) is 1. The third-order valence-corrected chi connectivity index (χ3v) is 4.59. The topological polar surface area (TPSA) is 55.1 Å². The number of carbonyl (C=O) groups excluding carboxylic acids is 1. The maximum absolute atomic E-state index is 11.4. The van der Waals surface area contributed by atoms with Gasteiger partial charge in [0.05, 0.1) is 0 Å². The molecule has 3 unspecified atom stereocenters. The quantitative estimate of drug-likeness (QED) is 0.855. The second kappa shape index (κ2) is 6.20. The maximum atomic E-state index is 11.4. The van der Waals surface area contributed by atoms with Crippen molar-refractivity contribution in [2.24, 2.45) is 17.6 Å². The third kappa shape index (κ3) is 3.16. The van der Waals surface area contributed by atoms with Crippen molar-refractivity contribution >= 4 is 5.91 Å². The summed E-state index contributed by atoms with van der Waals surface area (Å²) < 4.78 is 0. The molecule has 0 radical (unpaired) electrons. The first-order valence-electron chi connectivity index (χ1n) is 7.24. The average molecular weight is 260 g/mol. The van der Waals surface area contributed by atoms with E-state index in [-0.39, 0.29) is 5.91 Å². The first-order chi connectivity index (χ1) is 9.13. The minimum atomic E-state index is -0.344. The van der Waals surface area contributed by atoms with E-state index >= 15 is 0 Å². The molecule has 1 aromatic carbocycles. The summed E-state index contributed by atoms with van der Waals surface area (Å²) in [5.74, 6) is 1.21. The lowest BCUT2D eigenvalue weighted by Gasteiger charge is -2.21. The lowest BCUT2D eigenvalue weighted by molar-refractivity contribution is 0.0999. The van der Waals surface area contributed by atoms with Gasteiger partial charge in [0.2, 0.25) is 5.91 Å². The van der Waals surface area contributed by atoms with Crippen molar-refractivity contribution in [3.8, 4) is 0 Å². The van der Waals surface area contributed by atoms with E-state index < -0.39 is 0 Å². The Labute approximate surface area is 115 Å². The van der Waals surface area contributed by atoms with Gasteiger partial charge in [0.15, 0.2) is 0 Å². The van der Waals surface area contributed by atoms with Gasteiger partial charge in [0, 0.05) is 18.2 Å². The molecule has 3 atom stereocenters. The molecule has 1 aliphatic rings. The van der Waals surface area contributed by atoms with Crippen LogP contribution in [-0.4, -0.2) is 11.9 Å². The number of hydrogen-bond acceptors (Lipinski definition) is 2. The molecule has 19 heavy (non-hydrogen) atoms. The fourth-order valence-electron chi connectivity index (χ4n) is 3.27. The van der Waals surface area contributed by atoms with Crippen molar-refractivity contribution < 1.29 is 4.79 Å². The monoisotopic (exact) mass is 260 g/mol. The van der Waals surface area contributed by atoms with Crippen molar-refractivity contribution in [2.75, 3.05) is 0 Å². The first kappa shape index (κ1) is 14.1. The van der Waals surface area contributed by atoms with E-state index in [0.717, 1.165) is 18.0 Å². The zero-order valence-corrected chi connectivity index (χ0v) is 11.9. The molecule has 1 aliphatic carbocycles. The highest BCUT2D eigenvalue weighted by Crippen LogP contribution is 2.34. The van der Waals surface area contributed by atoms with E-state index in [1.54, 1.807) is 6.07 Å². The summed E-state index contributed by atoms with van der Waals surface area (Å²) in [7, 11) is 0. The van der Waals surface area contributed by atoms with Crippen LogP contribution in [0.25, 0.3) is 0 Å². The molecular weight excluding hydrogens is 236 g/mol. The molecule has 1 amide bonds. The summed E-state index contributed by atoms with van der Waals surface area (Å²) in [5.41, 5.74) is 7.04. The zero-order chi connectivity index (χ0) is 13.8. The smallest absolute Gasteiger partial charge is 0.249 e. The molecule has 0 spiro atoms. The molecule has 0 heterocycles. The molecule has 1 fully saturated rings. The van der Waals surface area contributed by atoms with Crippen LogP contribution in [0.15, 0.2) is 24.3 Å². The summed E-state index contributed by atoms with van der Waals surface area (Å²) in [5, 5.41) is 3.60. The number of rotatable bonds is 5. The molecule has 1 aromatic rings. The Morgan fingerprint density at radius 1 is 1.37 bits per heavy atom. The van der Waals surface area contributed by atoms with Crippen LogP contribution in [0.1, 0.15) is 49.0 Å². The van der Waals surface area contributed by atoms with Gasteiger partial charge in [-0.05, 0) is 36.3 Å². The highest BCUT2D eigenvalue weighted by atomic mass is 16.1. The molecule has 3 nitrogen and oxygen atoms in total. The Morgan fingerprint density at radius 3 is 2.74 bits per heavy atom. The van der Waals surface area contributed by atoms with Gasteiger partial charge in [0.25, 0.3) is 0 Å². The molecule has 0 saturated heterocycles. The van der Waals surface area contributed by atoms with Gasteiger partial charge in [-0.2, -0.15) is 0 Å². The number of carbonyl (C=O) groups is 1. The van der Waals surface area contributed by atoms with E-state index in [0.29, 0.717) is 17.5 Å². The fourth-order valence-corrected chi connectivity index (χ4v) is 3.27. The van der Waals surface area contributed by atoms with Crippen molar-refractivity contribution in [3.63, 3.8) is 0 Å². The van der Waals surface area contributed by atoms with Crippen molar-refractivity contribution in [3.05, 3.63) is 35.4 Å². The minimum Gasteiger partial charge on any atom is -0.366 e. The van der Waals surface area contributed by atoms with Crippen LogP contribution in [-0.2, 0) is 6.54 Å². The van der Waals surface area contributed by atoms with Gasteiger partial charge in [-0.1, -0.05) is 38.5 Å². The number of nitrogens with one attached hydrogen (secondary N) is 1. The summed E-state index contributed by atoms with van der Waals surface area (Å²) in [6, 6.07) is 8.15. The van der Waals surface area contributed by atoms with Crippen LogP contribution in [0.4, 0.5) is 0 Å². The molecule has 2 rings (SSSR count). The predicted molar refractivity (Wildman–Crippen MR) is 77.8 cm³/mol. The predicted octanol–water partition coefficient (Wildman–Crippen LogP) is 2.70. The van der Waals surface area contributed by atoms with Crippen LogP contribution in [0.3, 0.4) is 0 Å². The normalized spacial score (nSPS) is 26.5. The van der Waals surface area contributed by atoms with Gasteiger partial charge < -0.3 is 11.1 Å². The van der Waals surface area contributed by atoms with Crippen molar-refractivity contribution in [2.45, 2.75) is 45.7 Å². The molecular formula is C16H24N2O. The Hall–Kier alpha value is -1.35. The Balaban J connectivity index is 1.98. The van der Waals surface area contributed by atoms with E-state index in [1.807, 2.05) is 18.2 Å². The molecule has 0 aromatic heterocycles. The second-order valence-electron chi connectivity index (χ2n) is 5.61. The SMILES string of the molecule is CCC1CCC(NCc2ccccc2C(N)=O)C1C. The highest BCUT2D eigenvalue weighted by molar-refractivity contribution is 5.94. The Morgan fingerprint density at radius 2 is 2.11 bits per heavy atom. The maximum Gasteiger partial charge on any atom is 0.249 e. The first-order valence-corrected chi connectivity index (χ1v) is 7.24. The van der Waals surface area contributed by atoms with Crippen molar-refractivity contribution in [1.29, 1.82) is 0 Å². The number of amides is 1. The van der Waals surface area contributed by atoms with Gasteiger partial charge in [-0.15, -0.1) is 0 Å². The second-order valence-corrected chi connectivity index (χ2v) is 5.61. The van der Waals surface area contributed by atoms with E-state index in [4.69, 9.17) is 5.73 Å². The van der Waals surface area contributed by atoms with Crippen LogP contribution < -0.4 is 11.1 Å². The fraction of sp³-hybridized carbons (Fsp3) is 0.562. The van der Waals surface area contributed by atoms with Crippen molar-refractivity contribution in [1.82, 2.24) is 5.32 Å². The van der Waals surface area contributed by atoms with Crippen LogP contribution in [0, 0.1) is 11.8 Å². The van der Waals surface area contributed by atoms with E-state index in [9.17, 15) is 4.79 Å². The van der Waals surface area contributed by atoms with Gasteiger partial charge in [-0.3, -0.25) is 4.79 Å². The average Bonchev–Trinajstić information content (AvgIpc) is 2.77. The molecule has 0 bridgehead atoms. The number of benzene rings is 1. The lowest BCUT2D eigenvalue weighted by atomic mass is 9.93. The summed E-state index contributed by atoms with van der Waals surface area (Å²) >= 11 is 0. The molecule has 104 valence electrons. The van der Waals surface area contributed by atoms with Crippen LogP contribution in [0.2, 0.25) is 0 Å². The largest absolute Gasteiger partial charge is 0.366 e. The molecule has 3 N–H and O–H groups in total.